The van der Waals surface area contributed by atoms with Gasteiger partial charge in [-0.1, -0.05) is 42.0 Å². The standard InChI is InChI=1S/C21H20N2O3/c1-12-8-9-17-16(10-12)18(19(22-17)21(25)26-2)23-20(24)15-11-14(15)13-6-4-3-5-7-13/h3-10,14-15,22H,11H2,1-2H3,(H,23,24)/t14-,15-/m0/s1. The number of hydrogen-bond donors (Lipinski definition) is 2. The summed E-state index contributed by atoms with van der Waals surface area (Å²) < 4.78 is 4.86. The van der Waals surface area contributed by atoms with Crippen LogP contribution in [0.25, 0.3) is 10.9 Å². The molecule has 1 saturated carbocycles. The van der Waals surface area contributed by atoms with Gasteiger partial charge in [-0.15, -0.1) is 0 Å². The summed E-state index contributed by atoms with van der Waals surface area (Å²) in [6.45, 7) is 1.97. The molecule has 1 aliphatic rings. The van der Waals surface area contributed by atoms with Crippen LogP contribution >= 0.6 is 0 Å². The molecule has 1 amide bonds. The zero-order chi connectivity index (χ0) is 18.3. The fraction of sp³-hybridized carbons (Fsp3) is 0.238. The van der Waals surface area contributed by atoms with E-state index in [1.165, 1.54) is 12.7 Å². The van der Waals surface area contributed by atoms with Gasteiger partial charge in [0.25, 0.3) is 0 Å². The van der Waals surface area contributed by atoms with E-state index >= 15 is 0 Å². The molecule has 2 atom stereocenters. The number of aryl methyl sites for hydroxylation is 1. The van der Waals surface area contributed by atoms with Crippen molar-refractivity contribution < 1.29 is 14.3 Å². The van der Waals surface area contributed by atoms with Crippen LogP contribution in [-0.4, -0.2) is 24.0 Å². The van der Waals surface area contributed by atoms with Crippen molar-refractivity contribution in [3.8, 4) is 0 Å². The summed E-state index contributed by atoms with van der Waals surface area (Å²) in [4.78, 5) is 28.0. The lowest BCUT2D eigenvalue weighted by atomic mass is 10.1. The van der Waals surface area contributed by atoms with E-state index in [-0.39, 0.29) is 23.4 Å². The van der Waals surface area contributed by atoms with E-state index in [1.807, 2.05) is 55.5 Å². The summed E-state index contributed by atoms with van der Waals surface area (Å²) in [7, 11) is 1.33. The zero-order valence-electron chi connectivity index (χ0n) is 14.7. The van der Waals surface area contributed by atoms with Crippen LogP contribution in [0, 0.1) is 12.8 Å². The van der Waals surface area contributed by atoms with Crippen LogP contribution in [0.2, 0.25) is 0 Å². The molecule has 1 aliphatic carbocycles. The Labute approximate surface area is 151 Å². The number of esters is 1. The Morgan fingerprint density at radius 1 is 1.15 bits per heavy atom. The summed E-state index contributed by atoms with van der Waals surface area (Å²) in [6, 6.07) is 15.8. The zero-order valence-corrected chi connectivity index (χ0v) is 14.7. The Morgan fingerprint density at radius 3 is 2.65 bits per heavy atom. The molecule has 3 aromatic rings. The molecule has 26 heavy (non-hydrogen) atoms. The fourth-order valence-corrected chi connectivity index (χ4v) is 3.46. The normalized spacial score (nSPS) is 18.5. The first-order valence-corrected chi connectivity index (χ1v) is 8.65. The molecule has 0 spiro atoms. The van der Waals surface area contributed by atoms with Crippen molar-refractivity contribution in [2.24, 2.45) is 5.92 Å². The first-order chi connectivity index (χ1) is 12.6. The predicted octanol–water partition coefficient (Wildman–Crippen LogP) is 4.01. The van der Waals surface area contributed by atoms with Crippen LogP contribution in [0.1, 0.15) is 34.0 Å². The fourth-order valence-electron chi connectivity index (χ4n) is 3.46. The Morgan fingerprint density at radius 2 is 1.92 bits per heavy atom. The van der Waals surface area contributed by atoms with Crippen molar-refractivity contribution in [2.45, 2.75) is 19.3 Å². The van der Waals surface area contributed by atoms with Gasteiger partial charge < -0.3 is 15.0 Å². The summed E-state index contributed by atoms with van der Waals surface area (Å²) in [5.74, 6) is -0.390. The van der Waals surface area contributed by atoms with Gasteiger partial charge >= 0.3 is 5.97 Å². The molecule has 0 bridgehead atoms. The second kappa shape index (κ2) is 6.33. The Bertz CT molecular complexity index is 991. The summed E-state index contributed by atoms with van der Waals surface area (Å²) in [5.41, 5.74) is 3.80. The molecular formula is C21H20N2O3. The first-order valence-electron chi connectivity index (χ1n) is 8.65. The molecule has 132 valence electrons. The molecule has 1 heterocycles. The average molecular weight is 348 g/mol. The van der Waals surface area contributed by atoms with E-state index in [2.05, 4.69) is 10.3 Å². The second-order valence-electron chi connectivity index (χ2n) is 6.76. The number of ether oxygens (including phenoxy) is 1. The number of nitrogens with one attached hydrogen (secondary N) is 2. The van der Waals surface area contributed by atoms with E-state index < -0.39 is 5.97 Å². The summed E-state index contributed by atoms with van der Waals surface area (Å²) >= 11 is 0. The number of H-pyrrole nitrogens is 1. The van der Waals surface area contributed by atoms with Gasteiger partial charge in [0, 0.05) is 16.8 Å². The lowest BCUT2D eigenvalue weighted by Gasteiger charge is -2.07. The molecule has 5 nitrogen and oxygen atoms in total. The highest BCUT2D eigenvalue weighted by Crippen LogP contribution is 2.48. The van der Waals surface area contributed by atoms with E-state index in [0.29, 0.717) is 5.69 Å². The number of carbonyl (C=O) groups is 2. The molecule has 1 fully saturated rings. The molecule has 1 aromatic heterocycles. The van der Waals surface area contributed by atoms with Crippen molar-refractivity contribution >= 4 is 28.5 Å². The third kappa shape index (κ3) is 2.86. The summed E-state index contributed by atoms with van der Waals surface area (Å²) in [6.07, 6.45) is 0.824. The third-order valence-corrected chi connectivity index (χ3v) is 4.95. The van der Waals surface area contributed by atoms with Gasteiger partial charge in [-0.25, -0.2) is 4.79 Å². The van der Waals surface area contributed by atoms with Crippen molar-refractivity contribution in [3.63, 3.8) is 0 Å². The number of hydrogen-bond acceptors (Lipinski definition) is 3. The monoisotopic (exact) mass is 348 g/mol. The molecule has 0 saturated heterocycles. The number of fused-ring (bicyclic) bond motifs is 1. The van der Waals surface area contributed by atoms with Crippen LogP contribution in [0.3, 0.4) is 0 Å². The van der Waals surface area contributed by atoms with Crippen LogP contribution < -0.4 is 5.32 Å². The van der Waals surface area contributed by atoms with E-state index in [0.717, 1.165) is 22.9 Å². The van der Waals surface area contributed by atoms with Gasteiger partial charge in [0.1, 0.15) is 5.69 Å². The van der Waals surface area contributed by atoms with Crippen molar-refractivity contribution in [1.29, 1.82) is 0 Å². The van der Waals surface area contributed by atoms with Crippen molar-refractivity contribution in [3.05, 3.63) is 65.4 Å². The molecular weight excluding hydrogens is 328 g/mol. The average Bonchev–Trinajstić information content (AvgIpc) is 3.40. The predicted molar refractivity (Wildman–Crippen MR) is 100 cm³/mol. The van der Waals surface area contributed by atoms with E-state index in [4.69, 9.17) is 4.74 Å². The number of rotatable bonds is 4. The minimum absolute atomic E-state index is 0.0635. The highest BCUT2D eigenvalue weighted by Gasteiger charge is 2.44. The SMILES string of the molecule is COC(=O)c1[nH]c2ccc(C)cc2c1NC(=O)[C@H]1C[C@H]1c1ccccc1. The molecule has 0 aliphatic heterocycles. The third-order valence-electron chi connectivity index (χ3n) is 4.95. The lowest BCUT2D eigenvalue weighted by molar-refractivity contribution is -0.117. The maximum atomic E-state index is 12.8. The molecule has 2 N–H and O–H groups in total. The highest BCUT2D eigenvalue weighted by atomic mass is 16.5. The number of carbonyl (C=O) groups excluding carboxylic acids is 2. The maximum absolute atomic E-state index is 12.8. The first kappa shape index (κ1) is 16.4. The number of benzene rings is 2. The van der Waals surface area contributed by atoms with Crippen LogP contribution in [0.15, 0.2) is 48.5 Å². The topological polar surface area (TPSA) is 71.2 Å². The summed E-state index contributed by atoms with van der Waals surface area (Å²) in [5, 5.41) is 3.78. The van der Waals surface area contributed by atoms with E-state index in [9.17, 15) is 9.59 Å². The van der Waals surface area contributed by atoms with Gasteiger partial charge in [0.2, 0.25) is 5.91 Å². The molecule has 0 radical (unpaired) electrons. The number of aromatic amines is 1. The second-order valence-corrected chi connectivity index (χ2v) is 6.76. The van der Waals surface area contributed by atoms with Gasteiger partial charge in [-0.05, 0) is 37.0 Å². The Balaban J connectivity index is 1.63. The highest BCUT2D eigenvalue weighted by molar-refractivity contribution is 6.11. The molecule has 5 heteroatoms. The van der Waals surface area contributed by atoms with Crippen LogP contribution in [0.4, 0.5) is 5.69 Å². The largest absolute Gasteiger partial charge is 0.464 e. The number of methoxy groups -OCH3 is 1. The minimum Gasteiger partial charge on any atom is -0.464 e. The number of amides is 1. The quantitative estimate of drug-likeness (QED) is 0.700. The van der Waals surface area contributed by atoms with Crippen LogP contribution in [-0.2, 0) is 9.53 Å². The van der Waals surface area contributed by atoms with Gasteiger partial charge in [-0.2, -0.15) is 0 Å². The number of anilines is 1. The Kier molecular flexibility index (Phi) is 3.99. The molecule has 4 rings (SSSR count). The van der Waals surface area contributed by atoms with E-state index in [1.54, 1.807) is 0 Å². The lowest BCUT2D eigenvalue weighted by Crippen LogP contribution is -2.17. The molecule has 0 unspecified atom stereocenters. The number of aromatic nitrogens is 1. The van der Waals surface area contributed by atoms with Crippen LogP contribution in [0.5, 0.6) is 0 Å². The van der Waals surface area contributed by atoms with Gasteiger partial charge in [-0.3, -0.25) is 4.79 Å². The van der Waals surface area contributed by atoms with Gasteiger partial charge in [0.05, 0.1) is 12.8 Å². The minimum atomic E-state index is -0.496. The van der Waals surface area contributed by atoms with Crippen molar-refractivity contribution in [2.75, 3.05) is 12.4 Å². The maximum Gasteiger partial charge on any atom is 0.356 e. The van der Waals surface area contributed by atoms with Crippen molar-refractivity contribution in [1.82, 2.24) is 4.98 Å². The van der Waals surface area contributed by atoms with Gasteiger partial charge in [0.15, 0.2) is 0 Å². The Hall–Kier alpha value is -3.08. The smallest absolute Gasteiger partial charge is 0.356 e. The molecule has 2 aromatic carbocycles.